The molecule has 0 aliphatic heterocycles. The molecule has 92 valence electrons. The summed E-state index contributed by atoms with van der Waals surface area (Å²) >= 11 is 0. The zero-order chi connectivity index (χ0) is 12.5. The predicted octanol–water partition coefficient (Wildman–Crippen LogP) is 3.33. The van der Waals surface area contributed by atoms with Crippen LogP contribution in [-0.4, -0.2) is 10.8 Å². The number of nitrogens with zero attached hydrogens (tertiary/aromatic N) is 1. The van der Waals surface area contributed by atoms with Crippen molar-refractivity contribution in [2.45, 2.75) is 37.8 Å². The maximum Gasteiger partial charge on any atom is 0.433 e. The van der Waals surface area contributed by atoms with Gasteiger partial charge in [-0.25, -0.2) is 0 Å². The summed E-state index contributed by atoms with van der Waals surface area (Å²) < 4.78 is 36.9. The first kappa shape index (κ1) is 12.1. The van der Waals surface area contributed by atoms with Crippen molar-refractivity contribution in [3.8, 4) is 0 Å². The van der Waals surface area contributed by atoms with Crippen LogP contribution in [0.5, 0.6) is 0 Å². The van der Waals surface area contributed by atoms with E-state index in [4.69, 9.17) is 0 Å². The largest absolute Gasteiger partial charge is 0.433 e. The molecule has 17 heavy (non-hydrogen) atoms. The van der Waals surface area contributed by atoms with Crippen LogP contribution >= 0.6 is 0 Å². The number of Topliss-reactive ketones (excluding diaryl/α,β-unsaturated/α-hetero) is 1. The third-order valence-electron chi connectivity index (χ3n) is 3.03. The lowest BCUT2D eigenvalue weighted by Gasteiger charge is -2.21. The van der Waals surface area contributed by atoms with E-state index in [0.29, 0.717) is 12.8 Å². The van der Waals surface area contributed by atoms with Crippen molar-refractivity contribution in [3.63, 3.8) is 0 Å². The van der Waals surface area contributed by atoms with Crippen LogP contribution in [0.15, 0.2) is 18.3 Å². The molecule has 2 nitrogen and oxygen atoms in total. The maximum atomic E-state index is 12.3. The second-order valence-electron chi connectivity index (χ2n) is 4.31. The molecule has 1 atom stereocenters. The van der Waals surface area contributed by atoms with Crippen molar-refractivity contribution in [1.29, 1.82) is 0 Å². The molecule has 0 radical (unpaired) electrons. The summed E-state index contributed by atoms with van der Waals surface area (Å²) in [4.78, 5) is 14.7. The molecule has 1 aliphatic carbocycles. The van der Waals surface area contributed by atoms with Crippen LogP contribution in [0.3, 0.4) is 0 Å². The molecule has 5 heteroatoms. The van der Waals surface area contributed by atoms with Crippen LogP contribution in [0.1, 0.15) is 42.9 Å². The quantitative estimate of drug-likeness (QED) is 0.757. The van der Waals surface area contributed by atoms with Crippen molar-refractivity contribution in [2.24, 2.45) is 0 Å². The topological polar surface area (TPSA) is 30.0 Å². The van der Waals surface area contributed by atoms with E-state index in [9.17, 15) is 18.0 Å². The van der Waals surface area contributed by atoms with Crippen molar-refractivity contribution in [3.05, 3.63) is 29.6 Å². The Balaban J connectivity index is 2.15. The average Bonchev–Trinajstić information content (AvgIpc) is 2.28. The number of aromatic nitrogens is 1. The van der Waals surface area contributed by atoms with Gasteiger partial charge in [-0.05, 0) is 30.4 Å². The predicted molar refractivity (Wildman–Crippen MR) is 55.5 cm³/mol. The maximum absolute atomic E-state index is 12.3. The van der Waals surface area contributed by atoms with Gasteiger partial charge in [-0.3, -0.25) is 9.78 Å². The Kier molecular flexibility index (Phi) is 3.17. The van der Waals surface area contributed by atoms with Crippen LogP contribution in [0.25, 0.3) is 0 Å². The number of carbonyl (C=O) groups excluding carboxylic acids is 1. The molecular weight excluding hydrogens is 231 g/mol. The Bertz CT molecular complexity index is 411. The van der Waals surface area contributed by atoms with Gasteiger partial charge in [0.1, 0.15) is 11.5 Å². The number of alkyl halides is 3. The molecule has 0 saturated heterocycles. The Hall–Kier alpha value is -1.39. The lowest BCUT2D eigenvalue weighted by molar-refractivity contribution is -0.141. The molecule has 1 heterocycles. The van der Waals surface area contributed by atoms with E-state index in [-0.39, 0.29) is 11.7 Å². The Morgan fingerprint density at radius 2 is 2.06 bits per heavy atom. The fourth-order valence-corrected chi connectivity index (χ4v) is 2.12. The highest BCUT2D eigenvalue weighted by molar-refractivity contribution is 5.80. The number of hydrogen-bond acceptors (Lipinski definition) is 2. The average molecular weight is 243 g/mol. The summed E-state index contributed by atoms with van der Waals surface area (Å²) in [6.07, 6.45) is -0.492. The Morgan fingerprint density at radius 3 is 2.59 bits per heavy atom. The van der Waals surface area contributed by atoms with Crippen LogP contribution in [0.4, 0.5) is 13.2 Å². The SMILES string of the molecule is O=C1CCC[C@H](c2ccc(C(F)(F)F)nc2)C1. The summed E-state index contributed by atoms with van der Waals surface area (Å²) in [6, 6.07) is 2.41. The highest BCUT2D eigenvalue weighted by Crippen LogP contribution is 2.32. The number of ketones is 1. The summed E-state index contributed by atoms with van der Waals surface area (Å²) in [5, 5.41) is 0. The fraction of sp³-hybridized carbons (Fsp3) is 0.500. The Morgan fingerprint density at radius 1 is 1.29 bits per heavy atom. The minimum absolute atomic E-state index is 0.0334. The molecule has 0 amide bonds. The molecule has 1 fully saturated rings. The molecule has 1 aromatic rings. The van der Waals surface area contributed by atoms with Gasteiger partial charge in [-0.15, -0.1) is 0 Å². The molecule has 1 aliphatic rings. The molecule has 0 aromatic carbocycles. The van der Waals surface area contributed by atoms with Gasteiger partial charge in [0.05, 0.1) is 0 Å². The van der Waals surface area contributed by atoms with Gasteiger partial charge in [0, 0.05) is 19.0 Å². The van der Waals surface area contributed by atoms with E-state index < -0.39 is 11.9 Å². The minimum Gasteiger partial charge on any atom is -0.300 e. The number of hydrogen-bond donors (Lipinski definition) is 0. The first-order chi connectivity index (χ1) is 7.97. The van der Waals surface area contributed by atoms with E-state index in [1.54, 1.807) is 0 Å². The normalized spacial score (nSPS) is 21.6. The third-order valence-corrected chi connectivity index (χ3v) is 3.03. The summed E-state index contributed by atoms with van der Waals surface area (Å²) in [5.41, 5.74) is -0.158. The van der Waals surface area contributed by atoms with Crippen molar-refractivity contribution < 1.29 is 18.0 Å². The molecule has 0 spiro atoms. The van der Waals surface area contributed by atoms with E-state index in [0.717, 1.165) is 24.5 Å². The van der Waals surface area contributed by atoms with Gasteiger partial charge in [0.15, 0.2) is 0 Å². The molecule has 0 N–H and O–H groups in total. The fourth-order valence-electron chi connectivity index (χ4n) is 2.12. The van der Waals surface area contributed by atoms with Gasteiger partial charge in [0.25, 0.3) is 0 Å². The lowest BCUT2D eigenvalue weighted by atomic mass is 9.84. The van der Waals surface area contributed by atoms with Gasteiger partial charge in [-0.1, -0.05) is 6.07 Å². The van der Waals surface area contributed by atoms with Crippen LogP contribution < -0.4 is 0 Å². The number of halogens is 3. The smallest absolute Gasteiger partial charge is 0.300 e. The zero-order valence-electron chi connectivity index (χ0n) is 9.13. The van der Waals surface area contributed by atoms with Gasteiger partial charge in [-0.2, -0.15) is 13.2 Å². The number of carbonyl (C=O) groups is 1. The summed E-state index contributed by atoms with van der Waals surface area (Å²) in [5.74, 6) is 0.215. The third kappa shape index (κ3) is 2.84. The second-order valence-corrected chi connectivity index (χ2v) is 4.31. The van der Waals surface area contributed by atoms with Crippen molar-refractivity contribution in [1.82, 2.24) is 4.98 Å². The molecule has 0 unspecified atom stereocenters. The first-order valence-electron chi connectivity index (χ1n) is 5.51. The first-order valence-corrected chi connectivity index (χ1v) is 5.51. The van der Waals surface area contributed by atoms with Crippen LogP contribution in [-0.2, 0) is 11.0 Å². The number of pyridine rings is 1. The summed E-state index contributed by atoms with van der Waals surface area (Å²) in [6.45, 7) is 0. The van der Waals surface area contributed by atoms with Gasteiger partial charge in [0.2, 0.25) is 0 Å². The van der Waals surface area contributed by atoms with Crippen molar-refractivity contribution >= 4 is 5.78 Å². The molecule has 0 bridgehead atoms. The molecular formula is C12H12F3NO. The van der Waals surface area contributed by atoms with E-state index in [1.807, 2.05) is 0 Å². The lowest BCUT2D eigenvalue weighted by Crippen LogP contribution is -2.14. The summed E-state index contributed by atoms with van der Waals surface area (Å²) in [7, 11) is 0. The monoisotopic (exact) mass is 243 g/mol. The minimum atomic E-state index is -4.40. The molecule has 1 aromatic heterocycles. The van der Waals surface area contributed by atoms with Crippen LogP contribution in [0, 0.1) is 0 Å². The van der Waals surface area contributed by atoms with E-state index in [2.05, 4.69) is 4.98 Å². The highest BCUT2D eigenvalue weighted by atomic mass is 19.4. The van der Waals surface area contributed by atoms with Gasteiger partial charge < -0.3 is 0 Å². The van der Waals surface area contributed by atoms with E-state index in [1.165, 1.54) is 12.3 Å². The standard InChI is InChI=1S/C12H12F3NO/c13-12(14,15)11-5-4-9(7-16-11)8-2-1-3-10(17)6-8/h4-5,7-8H,1-3,6H2/t8-/m0/s1. The highest BCUT2D eigenvalue weighted by Gasteiger charge is 2.32. The molecule has 1 saturated carbocycles. The molecule has 2 rings (SSSR count). The zero-order valence-corrected chi connectivity index (χ0v) is 9.13. The van der Waals surface area contributed by atoms with E-state index >= 15 is 0 Å². The van der Waals surface area contributed by atoms with Crippen LogP contribution in [0.2, 0.25) is 0 Å². The van der Waals surface area contributed by atoms with Crippen molar-refractivity contribution in [2.75, 3.05) is 0 Å². The van der Waals surface area contributed by atoms with Gasteiger partial charge >= 0.3 is 6.18 Å². The second kappa shape index (κ2) is 4.47. The number of rotatable bonds is 1. The Labute approximate surface area is 96.9 Å².